The van der Waals surface area contributed by atoms with Crippen molar-refractivity contribution in [2.75, 3.05) is 13.2 Å². The molecule has 2 aliphatic rings. The molecule has 0 aromatic carbocycles. The number of hydrogen-bond donors (Lipinski definition) is 1. The van der Waals surface area contributed by atoms with Crippen LogP contribution in [0.1, 0.15) is 58.8 Å². The minimum atomic E-state index is 0.0816. The number of ether oxygens (including phenoxy) is 1. The summed E-state index contributed by atoms with van der Waals surface area (Å²) in [4.78, 5) is 0. The average Bonchev–Trinajstić information content (AvgIpc) is 2.29. The second kappa shape index (κ2) is 5.71. The van der Waals surface area contributed by atoms with Crippen molar-refractivity contribution in [3.63, 3.8) is 0 Å². The molecule has 0 amide bonds. The van der Waals surface area contributed by atoms with Crippen molar-refractivity contribution in [2.24, 2.45) is 23.5 Å². The minimum Gasteiger partial charge on any atom is -0.381 e. The molecule has 2 nitrogen and oxygen atoms in total. The lowest BCUT2D eigenvalue weighted by molar-refractivity contribution is 0.00225. The molecule has 2 N–H and O–H groups in total. The van der Waals surface area contributed by atoms with Crippen LogP contribution in [0.4, 0.5) is 0 Å². The predicted molar refractivity (Wildman–Crippen MR) is 71.9 cm³/mol. The first-order valence-corrected chi connectivity index (χ1v) is 7.47. The molecule has 1 saturated heterocycles. The van der Waals surface area contributed by atoms with Crippen LogP contribution >= 0.6 is 0 Å². The van der Waals surface area contributed by atoms with E-state index in [0.717, 1.165) is 25.0 Å². The van der Waals surface area contributed by atoms with E-state index in [1.165, 1.54) is 44.9 Å². The Morgan fingerprint density at radius 1 is 1.29 bits per heavy atom. The monoisotopic (exact) mass is 239 g/mol. The van der Waals surface area contributed by atoms with Crippen LogP contribution in [0.15, 0.2) is 0 Å². The third kappa shape index (κ3) is 3.45. The zero-order valence-electron chi connectivity index (χ0n) is 11.6. The summed E-state index contributed by atoms with van der Waals surface area (Å²) >= 11 is 0. The van der Waals surface area contributed by atoms with Crippen molar-refractivity contribution in [3.8, 4) is 0 Å². The summed E-state index contributed by atoms with van der Waals surface area (Å²) in [6.45, 7) is 6.51. The molecule has 0 aromatic heterocycles. The maximum atomic E-state index is 6.72. The fourth-order valence-electron chi connectivity index (χ4n) is 3.89. The molecule has 2 rings (SSSR count). The molecule has 3 unspecified atom stereocenters. The van der Waals surface area contributed by atoms with Crippen molar-refractivity contribution < 1.29 is 4.74 Å². The molecule has 0 radical (unpaired) electrons. The van der Waals surface area contributed by atoms with Gasteiger partial charge < -0.3 is 10.5 Å². The van der Waals surface area contributed by atoms with Crippen molar-refractivity contribution >= 4 is 0 Å². The predicted octanol–water partition coefficient (Wildman–Crippen LogP) is 3.35. The van der Waals surface area contributed by atoms with Crippen molar-refractivity contribution in [3.05, 3.63) is 0 Å². The molecule has 1 saturated carbocycles. The van der Waals surface area contributed by atoms with Gasteiger partial charge in [-0.3, -0.25) is 0 Å². The Bertz CT molecular complexity index is 235. The quantitative estimate of drug-likeness (QED) is 0.819. The van der Waals surface area contributed by atoms with Gasteiger partial charge in [0.25, 0.3) is 0 Å². The van der Waals surface area contributed by atoms with Gasteiger partial charge in [0, 0.05) is 18.1 Å². The Hall–Kier alpha value is -0.0800. The van der Waals surface area contributed by atoms with Gasteiger partial charge >= 0.3 is 0 Å². The summed E-state index contributed by atoms with van der Waals surface area (Å²) in [5.74, 6) is 2.28. The van der Waals surface area contributed by atoms with Crippen molar-refractivity contribution in [1.29, 1.82) is 0 Å². The summed E-state index contributed by atoms with van der Waals surface area (Å²) in [6.07, 6.45) is 9.01. The van der Waals surface area contributed by atoms with E-state index in [2.05, 4.69) is 13.8 Å². The lowest BCUT2D eigenvalue weighted by Gasteiger charge is -2.45. The van der Waals surface area contributed by atoms with Gasteiger partial charge in [0.05, 0.1) is 6.61 Å². The van der Waals surface area contributed by atoms with Gasteiger partial charge in [-0.1, -0.05) is 26.7 Å². The van der Waals surface area contributed by atoms with Crippen LogP contribution in [-0.2, 0) is 4.74 Å². The van der Waals surface area contributed by atoms with E-state index in [9.17, 15) is 0 Å². The van der Waals surface area contributed by atoms with E-state index >= 15 is 0 Å². The molecule has 2 fully saturated rings. The first-order valence-electron chi connectivity index (χ1n) is 7.47. The van der Waals surface area contributed by atoms with E-state index in [1.54, 1.807) is 0 Å². The fourth-order valence-corrected chi connectivity index (χ4v) is 3.89. The van der Waals surface area contributed by atoms with E-state index in [4.69, 9.17) is 10.5 Å². The van der Waals surface area contributed by atoms with Crippen LogP contribution in [0.25, 0.3) is 0 Å². The Kier molecular flexibility index (Phi) is 4.48. The molecule has 100 valence electrons. The lowest BCUT2D eigenvalue weighted by atomic mass is 9.67. The second-order valence-corrected chi connectivity index (χ2v) is 6.74. The molecule has 1 heterocycles. The highest BCUT2D eigenvalue weighted by molar-refractivity contribution is 4.96. The highest BCUT2D eigenvalue weighted by Gasteiger charge is 2.40. The Balaban J connectivity index is 1.93. The van der Waals surface area contributed by atoms with E-state index in [1.807, 2.05) is 0 Å². The van der Waals surface area contributed by atoms with Crippen LogP contribution in [0.2, 0.25) is 0 Å². The molecule has 1 aliphatic heterocycles. The molecule has 17 heavy (non-hydrogen) atoms. The molecular weight excluding hydrogens is 210 g/mol. The Labute approximate surface area is 106 Å². The lowest BCUT2D eigenvalue weighted by Crippen LogP contribution is -2.53. The average molecular weight is 239 g/mol. The topological polar surface area (TPSA) is 35.2 Å². The first kappa shape index (κ1) is 13.4. The molecule has 0 spiro atoms. The fraction of sp³-hybridized carbons (Fsp3) is 1.00. The zero-order valence-corrected chi connectivity index (χ0v) is 11.6. The van der Waals surface area contributed by atoms with Crippen LogP contribution in [0.5, 0.6) is 0 Å². The summed E-state index contributed by atoms with van der Waals surface area (Å²) in [7, 11) is 0. The van der Waals surface area contributed by atoms with Crippen LogP contribution in [-0.4, -0.2) is 18.8 Å². The first-order chi connectivity index (χ1) is 8.10. The van der Waals surface area contributed by atoms with Gasteiger partial charge in [0.2, 0.25) is 0 Å². The number of rotatable bonds is 3. The third-order valence-electron chi connectivity index (χ3n) is 4.70. The molecule has 0 aromatic rings. The van der Waals surface area contributed by atoms with Gasteiger partial charge in [-0.15, -0.1) is 0 Å². The largest absolute Gasteiger partial charge is 0.381 e. The summed E-state index contributed by atoms with van der Waals surface area (Å²) in [6, 6.07) is 0. The molecule has 0 bridgehead atoms. The summed E-state index contributed by atoms with van der Waals surface area (Å²) in [5, 5.41) is 0. The molecular formula is C15H29NO. The van der Waals surface area contributed by atoms with Crippen molar-refractivity contribution in [1.82, 2.24) is 0 Å². The smallest absolute Gasteiger partial charge is 0.0511 e. The number of nitrogens with two attached hydrogens (primary N) is 1. The molecule has 2 heteroatoms. The standard InChI is InChI=1S/C15H29NO/c1-12(2)9-13-5-3-7-15(16,10-13)14-6-4-8-17-11-14/h12-14H,3-11,16H2,1-2H3. The van der Waals surface area contributed by atoms with Gasteiger partial charge in [0.1, 0.15) is 0 Å². The maximum Gasteiger partial charge on any atom is 0.0511 e. The second-order valence-electron chi connectivity index (χ2n) is 6.74. The summed E-state index contributed by atoms with van der Waals surface area (Å²) < 4.78 is 5.64. The van der Waals surface area contributed by atoms with Gasteiger partial charge in [-0.2, -0.15) is 0 Å². The molecule has 1 aliphatic carbocycles. The van der Waals surface area contributed by atoms with Crippen LogP contribution in [0.3, 0.4) is 0 Å². The van der Waals surface area contributed by atoms with Crippen LogP contribution in [0, 0.1) is 17.8 Å². The van der Waals surface area contributed by atoms with Gasteiger partial charge in [0.15, 0.2) is 0 Å². The highest BCUT2D eigenvalue weighted by Crippen LogP contribution is 2.40. The summed E-state index contributed by atoms with van der Waals surface area (Å²) in [5.41, 5.74) is 6.80. The minimum absolute atomic E-state index is 0.0816. The molecule has 3 atom stereocenters. The van der Waals surface area contributed by atoms with Crippen LogP contribution < -0.4 is 5.73 Å². The van der Waals surface area contributed by atoms with E-state index < -0.39 is 0 Å². The zero-order chi connectivity index (χ0) is 12.3. The maximum absolute atomic E-state index is 6.72. The van der Waals surface area contributed by atoms with E-state index in [-0.39, 0.29) is 5.54 Å². The normalized spacial score (nSPS) is 39.5. The highest BCUT2D eigenvalue weighted by atomic mass is 16.5. The Morgan fingerprint density at radius 3 is 2.76 bits per heavy atom. The number of hydrogen-bond acceptors (Lipinski definition) is 2. The van der Waals surface area contributed by atoms with E-state index in [0.29, 0.717) is 5.92 Å². The van der Waals surface area contributed by atoms with Gasteiger partial charge in [-0.25, -0.2) is 0 Å². The SMILES string of the molecule is CC(C)CC1CCCC(N)(C2CCCOC2)C1. The Morgan fingerprint density at radius 2 is 2.12 bits per heavy atom. The van der Waals surface area contributed by atoms with Crippen molar-refractivity contribution in [2.45, 2.75) is 64.3 Å². The van der Waals surface area contributed by atoms with Gasteiger partial charge in [-0.05, 0) is 43.9 Å². The third-order valence-corrected chi connectivity index (χ3v) is 4.70.